The van der Waals surface area contributed by atoms with Crippen LogP contribution >= 0.6 is 0 Å². The van der Waals surface area contributed by atoms with Crippen LogP contribution in [0.2, 0.25) is 0 Å². The van der Waals surface area contributed by atoms with Crippen LogP contribution < -0.4 is 10.1 Å². The molecule has 1 N–H and O–H groups in total. The molecule has 0 saturated heterocycles. The second-order valence-corrected chi connectivity index (χ2v) is 6.77. The Bertz CT molecular complexity index is 1060. The van der Waals surface area contributed by atoms with Gasteiger partial charge in [-0.2, -0.15) is 5.26 Å². The van der Waals surface area contributed by atoms with Crippen molar-refractivity contribution in [3.63, 3.8) is 0 Å². The summed E-state index contributed by atoms with van der Waals surface area (Å²) in [7, 11) is 0. The van der Waals surface area contributed by atoms with E-state index in [1.54, 1.807) is 6.08 Å². The maximum atomic E-state index is 12.4. The summed E-state index contributed by atoms with van der Waals surface area (Å²) < 4.78 is 5.83. The normalized spacial score (nSPS) is 10.9. The lowest BCUT2D eigenvalue weighted by atomic mass is 10.1. The van der Waals surface area contributed by atoms with Gasteiger partial charge >= 0.3 is 0 Å². The molecule has 0 fully saturated rings. The van der Waals surface area contributed by atoms with Crippen molar-refractivity contribution in [3.8, 4) is 11.8 Å². The van der Waals surface area contributed by atoms with Gasteiger partial charge in [0.25, 0.3) is 5.91 Å². The smallest absolute Gasteiger partial charge is 0.266 e. The first-order chi connectivity index (χ1) is 14.0. The van der Waals surface area contributed by atoms with E-state index < -0.39 is 5.91 Å². The van der Waals surface area contributed by atoms with Crippen molar-refractivity contribution in [1.82, 2.24) is 0 Å². The Kier molecular flexibility index (Phi) is 6.44. The Hall–Kier alpha value is -3.84. The SMILES string of the molecule is Cc1ccc(NC(=O)/C(C#N)=C/c2ccc(OCc3ccccc3C)cc2)cc1. The molecule has 0 spiro atoms. The molecular weight excluding hydrogens is 360 g/mol. The molecule has 0 bridgehead atoms. The van der Waals surface area contributed by atoms with Crippen molar-refractivity contribution < 1.29 is 9.53 Å². The third kappa shape index (κ3) is 5.57. The van der Waals surface area contributed by atoms with Crippen molar-refractivity contribution in [1.29, 1.82) is 5.26 Å². The first-order valence-electron chi connectivity index (χ1n) is 9.32. The molecule has 144 valence electrons. The zero-order valence-corrected chi connectivity index (χ0v) is 16.5. The molecule has 0 radical (unpaired) electrons. The molecule has 0 atom stereocenters. The highest BCUT2D eigenvalue weighted by atomic mass is 16.5. The Balaban J connectivity index is 1.65. The van der Waals surface area contributed by atoms with Gasteiger partial charge < -0.3 is 10.1 Å². The number of nitriles is 1. The molecule has 0 unspecified atom stereocenters. The van der Waals surface area contributed by atoms with Crippen LogP contribution in [0.1, 0.15) is 22.3 Å². The number of ether oxygens (including phenoxy) is 1. The van der Waals surface area contributed by atoms with Crippen LogP contribution in [0.3, 0.4) is 0 Å². The first-order valence-corrected chi connectivity index (χ1v) is 9.32. The summed E-state index contributed by atoms with van der Waals surface area (Å²) in [5.74, 6) is 0.296. The quantitative estimate of drug-likeness (QED) is 0.457. The highest BCUT2D eigenvalue weighted by Crippen LogP contribution is 2.18. The molecule has 29 heavy (non-hydrogen) atoms. The third-order valence-corrected chi connectivity index (χ3v) is 4.52. The number of benzene rings is 3. The monoisotopic (exact) mass is 382 g/mol. The van der Waals surface area contributed by atoms with Crippen molar-refractivity contribution in [3.05, 3.63) is 101 Å². The minimum Gasteiger partial charge on any atom is -0.489 e. The summed E-state index contributed by atoms with van der Waals surface area (Å²) in [6.07, 6.45) is 1.56. The van der Waals surface area contributed by atoms with E-state index in [0.29, 0.717) is 12.3 Å². The highest BCUT2D eigenvalue weighted by molar-refractivity contribution is 6.09. The fourth-order valence-corrected chi connectivity index (χ4v) is 2.74. The van der Waals surface area contributed by atoms with Crippen molar-refractivity contribution in [2.24, 2.45) is 0 Å². The summed E-state index contributed by atoms with van der Waals surface area (Å²) in [6.45, 7) is 4.52. The number of carbonyl (C=O) groups is 1. The lowest BCUT2D eigenvalue weighted by Gasteiger charge is -2.09. The van der Waals surface area contributed by atoms with Crippen LogP contribution in [0.25, 0.3) is 6.08 Å². The lowest BCUT2D eigenvalue weighted by molar-refractivity contribution is -0.112. The van der Waals surface area contributed by atoms with E-state index in [4.69, 9.17) is 4.74 Å². The molecular formula is C25H22N2O2. The molecule has 0 heterocycles. The number of aryl methyl sites for hydroxylation is 2. The van der Waals surface area contributed by atoms with E-state index in [-0.39, 0.29) is 5.57 Å². The Morgan fingerprint density at radius 3 is 2.34 bits per heavy atom. The molecule has 3 aromatic rings. The molecule has 0 aliphatic carbocycles. The van der Waals surface area contributed by atoms with Gasteiger partial charge in [0.15, 0.2) is 0 Å². The molecule has 3 rings (SSSR count). The number of carbonyl (C=O) groups excluding carboxylic acids is 1. The number of hydrogen-bond donors (Lipinski definition) is 1. The van der Waals surface area contributed by atoms with Gasteiger partial charge in [-0.3, -0.25) is 4.79 Å². The van der Waals surface area contributed by atoms with Gasteiger partial charge in [-0.15, -0.1) is 0 Å². The van der Waals surface area contributed by atoms with E-state index >= 15 is 0 Å². The Morgan fingerprint density at radius 2 is 1.69 bits per heavy atom. The molecule has 0 saturated carbocycles. The Labute approximate surface area is 171 Å². The summed E-state index contributed by atoms with van der Waals surface area (Å²) in [5.41, 5.74) is 4.87. The topological polar surface area (TPSA) is 62.1 Å². The number of hydrogen-bond acceptors (Lipinski definition) is 3. The van der Waals surface area contributed by atoms with E-state index in [9.17, 15) is 10.1 Å². The molecule has 1 amide bonds. The predicted molar refractivity (Wildman–Crippen MR) is 115 cm³/mol. The van der Waals surface area contributed by atoms with Gasteiger partial charge in [-0.25, -0.2) is 0 Å². The summed E-state index contributed by atoms with van der Waals surface area (Å²) in [6, 6.07) is 24.8. The van der Waals surface area contributed by atoms with Crippen LogP contribution in [-0.2, 0) is 11.4 Å². The third-order valence-electron chi connectivity index (χ3n) is 4.52. The van der Waals surface area contributed by atoms with Crippen molar-refractivity contribution in [2.75, 3.05) is 5.32 Å². The van der Waals surface area contributed by atoms with Crippen LogP contribution in [0.5, 0.6) is 5.75 Å². The summed E-state index contributed by atoms with van der Waals surface area (Å²) in [4.78, 5) is 12.4. The number of nitrogens with zero attached hydrogens (tertiary/aromatic N) is 1. The van der Waals surface area contributed by atoms with Crippen LogP contribution in [0, 0.1) is 25.2 Å². The van der Waals surface area contributed by atoms with Gasteiger partial charge in [0.1, 0.15) is 24.0 Å². The number of nitrogens with one attached hydrogen (secondary N) is 1. The zero-order chi connectivity index (χ0) is 20.6. The number of amides is 1. The van der Waals surface area contributed by atoms with E-state index in [0.717, 1.165) is 22.4 Å². The van der Waals surface area contributed by atoms with E-state index in [1.807, 2.05) is 79.7 Å². The van der Waals surface area contributed by atoms with Crippen LogP contribution in [0.4, 0.5) is 5.69 Å². The van der Waals surface area contributed by atoms with Crippen LogP contribution in [0.15, 0.2) is 78.4 Å². The van der Waals surface area contributed by atoms with Crippen molar-refractivity contribution >= 4 is 17.7 Å². The highest BCUT2D eigenvalue weighted by Gasteiger charge is 2.09. The summed E-state index contributed by atoms with van der Waals surface area (Å²) >= 11 is 0. The standard InChI is InChI=1S/C25H22N2O2/c1-18-7-11-23(12-8-18)27-25(28)22(16-26)15-20-9-13-24(14-10-20)29-17-21-6-4-3-5-19(21)2/h3-15H,17H2,1-2H3,(H,27,28)/b22-15+. The molecule has 4 heteroatoms. The largest absolute Gasteiger partial charge is 0.489 e. The average molecular weight is 382 g/mol. The molecule has 0 aliphatic rings. The second kappa shape index (κ2) is 9.38. The van der Waals surface area contributed by atoms with Crippen LogP contribution in [-0.4, -0.2) is 5.91 Å². The molecule has 3 aromatic carbocycles. The van der Waals surface area contributed by atoms with Gasteiger partial charge in [-0.1, -0.05) is 54.1 Å². The fraction of sp³-hybridized carbons (Fsp3) is 0.120. The maximum Gasteiger partial charge on any atom is 0.266 e. The van der Waals surface area contributed by atoms with Gasteiger partial charge in [0, 0.05) is 5.69 Å². The van der Waals surface area contributed by atoms with Gasteiger partial charge in [-0.05, 0) is 60.9 Å². The minimum atomic E-state index is -0.434. The van der Waals surface area contributed by atoms with Gasteiger partial charge in [0.05, 0.1) is 0 Å². The number of anilines is 1. The zero-order valence-electron chi connectivity index (χ0n) is 16.5. The Morgan fingerprint density at radius 1 is 1.00 bits per heavy atom. The number of rotatable bonds is 6. The minimum absolute atomic E-state index is 0.0409. The van der Waals surface area contributed by atoms with E-state index in [2.05, 4.69) is 18.3 Å². The van der Waals surface area contributed by atoms with E-state index in [1.165, 1.54) is 5.56 Å². The maximum absolute atomic E-state index is 12.4. The lowest BCUT2D eigenvalue weighted by Crippen LogP contribution is -2.13. The summed E-state index contributed by atoms with van der Waals surface area (Å²) in [5, 5.41) is 12.1. The van der Waals surface area contributed by atoms with Gasteiger partial charge in [0.2, 0.25) is 0 Å². The molecule has 0 aromatic heterocycles. The average Bonchev–Trinajstić information content (AvgIpc) is 2.74. The molecule has 0 aliphatic heterocycles. The predicted octanol–water partition coefficient (Wildman–Crippen LogP) is 5.43. The molecule has 4 nitrogen and oxygen atoms in total. The fourth-order valence-electron chi connectivity index (χ4n) is 2.74. The second-order valence-electron chi connectivity index (χ2n) is 6.77. The first kappa shape index (κ1) is 19.9. The van der Waals surface area contributed by atoms with Crippen molar-refractivity contribution in [2.45, 2.75) is 20.5 Å².